The van der Waals surface area contributed by atoms with Crippen LogP contribution in [0.1, 0.15) is 38.5 Å². The normalized spacial score (nSPS) is 25.2. The molecule has 1 unspecified atom stereocenters. The summed E-state index contributed by atoms with van der Waals surface area (Å²) in [6.07, 6.45) is 8.10. The lowest BCUT2D eigenvalue weighted by atomic mass is 10.1. The van der Waals surface area contributed by atoms with Crippen molar-refractivity contribution in [1.29, 1.82) is 0 Å². The van der Waals surface area contributed by atoms with Gasteiger partial charge in [0.15, 0.2) is 5.96 Å². The number of hydrogen-bond donors (Lipinski definition) is 2. The molecule has 0 aromatic rings. The molecule has 2 aliphatic heterocycles. The monoisotopic (exact) mass is 309 g/mol. The molecule has 2 aliphatic rings. The number of likely N-dealkylation sites (tertiary alicyclic amines) is 2. The summed E-state index contributed by atoms with van der Waals surface area (Å²) in [5, 5.41) is 6.94. The second-order valence-corrected chi connectivity index (χ2v) is 6.91. The number of rotatable bonds is 6. The molecular weight excluding hydrogens is 274 g/mol. The van der Waals surface area contributed by atoms with Crippen molar-refractivity contribution in [1.82, 2.24) is 20.4 Å². The van der Waals surface area contributed by atoms with Crippen molar-refractivity contribution in [2.24, 2.45) is 10.9 Å². The van der Waals surface area contributed by atoms with Crippen LogP contribution >= 0.6 is 0 Å². The quantitative estimate of drug-likeness (QED) is 0.442. The van der Waals surface area contributed by atoms with E-state index in [2.05, 4.69) is 32.5 Å². The van der Waals surface area contributed by atoms with Crippen LogP contribution in [-0.2, 0) is 0 Å². The van der Waals surface area contributed by atoms with Crippen molar-refractivity contribution in [3.05, 3.63) is 0 Å². The van der Waals surface area contributed by atoms with Gasteiger partial charge in [0.25, 0.3) is 0 Å². The van der Waals surface area contributed by atoms with Gasteiger partial charge in [-0.3, -0.25) is 4.99 Å². The Kier molecular flexibility index (Phi) is 8.02. The highest BCUT2D eigenvalue weighted by atomic mass is 15.2. The zero-order valence-corrected chi connectivity index (χ0v) is 14.6. The topological polar surface area (TPSA) is 42.9 Å². The lowest BCUT2D eigenvalue weighted by Crippen LogP contribution is -2.41. The van der Waals surface area contributed by atoms with E-state index in [0.29, 0.717) is 0 Å². The van der Waals surface area contributed by atoms with E-state index in [-0.39, 0.29) is 0 Å². The van der Waals surface area contributed by atoms with E-state index in [1.54, 1.807) is 0 Å². The molecule has 0 saturated carbocycles. The highest BCUT2D eigenvalue weighted by Crippen LogP contribution is 2.12. The molecule has 0 amide bonds. The van der Waals surface area contributed by atoms with Gasteiger partial charge in [-0.25, -0.2) is 0 Å². The molecule has 2 rings (SSSR count). The fourth-order valence-electron chi connectivity index (χ4n) is 3.52. The van der Waals surface area contributed by atoms with Crippen molar-refractivity contribution >= 4 is 5.96 Å². The van der Waals surface area contributed by atoms with Crippen LogP contribution in [0.15, 0.2) is 4.99 Å². The zero-order valence-electron chi connectivity index (χ0n) is 14.6. The molecule has 22 heavy (non-hydrogen) atoms. The molecule has 2 saturated heterocycles. The van der Waals surface area contributed by atoms with Gasteiger partial charge in [-0.15, -0.1) is 0 Å². The number of hydrogen-bond acceptors (Lipinski definition) is 3. The fourth-order valence-corrected chi connectivity index (χ4v) is 3.52. The lowest BCUT2D eigenvalue weighted by Gasteiger charge is -2.20. The second-order valence-electron chi connectivity index (χ2n) is 6.91. The van der Waals surface area contributed by atoms with Crippen molar-refractivity contribution in [3.8, 4) is 0 Å². The van der Waals surface area contributed by atoms with Crippen LogP contribution in [0.2, 0.25) is 0 Å². The van der Waals surface area contributed by atoms with Gasteiger partial charge >= 0.3 is 0 Å². The molecule has 0 aromatic carbocycles. The Labute approximate surface area is 136 Å². The van der Waals surface area contributed by atoms with E-state index in [0.717, 1.165) is 25.0 Å². The second kappa shape index (κ2) is 10.1. The lowest BCUT2D eigenvalue weighted by molar-refractivity contribution is 0.282. The molecule has 5 nitrogen and oxygen atoms in total. The first-order valence-electron chi connectivity index (χ1n) is 9.13. The van der Waals surface area contributed by atoms with Crippen LogP contribution in [0.3, 0.4) is 0 Å². The van der Waals surface area contributed by atoms with Gasteiger partial charge in [0, 0.05) is 26.7 Å². The van der Waals surface area contributed by atoms with E-state index < -0.39 is 0 Å². The van der Waals surface area contributed by atoms with Crippen molar-refractivity contribution in [2.45, 2.75) is 38.5 Å². The summed E-state index contributed by atoms with van der Waals surface area (Å²) in [5.74, 6) is 1.73. The van der Waals surface area contributed by atoms with Crippen LogP contribution in [0.25, 0.3) is 0 Å². The van der Waals surface area contributed by atoms with Crippen molar-refractivity contribution in [2.75, 3.05) is 59.9 Å². The molecule has 2 heterocycles. The van der Waals surface area contributed by atoms with Gasteiger partial charge in [0.05, 0.1) is 0 Å². The SMILES string of the molecule is CN=C(NCCCN1CCCCCC1)NCC1CCN(C)C1. The predicted octanol–water partition coefficient (Wildman–Crippen LogP) is 1.37. The predicted molar refractivity (Wildman–Crippen MR) is 94.5 cm³/mol. The summed E-state index contributed by atoms with van der Waals surface area (Å²) in [7, 11) is 4.07. The number of guanidine groups is 1. The highest BCUT2D eigenvalue weighted by Gasteiger charge is 2.19. The van der Waals surface area contributed by atoms with Gasteiger partial charge in [0.2, 0.25) is 0 Å². The average molecular weight is 310 g/mol. The summed E-state index contributed by atoms with van der Waals surface area (Å²) in [6.45, 7) is 8.30. The van der Waals surface area contributed by atoms with E-state index in [4.69, 9.17) is 0 Å². The standard InChI is InChI=1S/C17H35N5/c1-18-17(20-14-16-8-13-21(2)15-16)19-9-7-12-22-10-5-3-4-6-11-22/h16H,3-15H2,1-2H3,(H2,18,19,20). The van der Waals surface area contributed by atoms with Gasteiger partial charge in [-0.2, -0.15) is 0 Å². The molecule has 5 heteroatoms. The summed E-state index contributed by atoms with van der Waals surface area (Å²) in [5.41, 5.74) is 0. The Bertz CT molecular complexity index is 323. The molecule has 0 bridgehead atoms. The van der Waals surface area contributed by atoms with Crippen LogP contribution in [0, 0.1) is 5.92 Å². The van der Waals surface area contributed by atoms with E-state index in [9.17, 15) is 0 Å². The van der Waals surface area contributed by atoms with Gasteiger partial charge in [0.1, 0.15) is 0 Å². The highest BCUT2D eigenvalue weighted by molar-refractivity contribution is 5.79. The minimum Gasteiger partial charge on any atom is -0.356 e. The third-order valence-electron chi connectivity index (χ3n) is 4.91. The minimum absolute atomic E-state index is 0.764. The Hall–Kier alpha value is -0.810. The Morgan fingerprint density at radius 1 is 1.09 bits per heavy atom. The third-order valence-corrected chi connectivity index (χ3v) is 4.91. The third kappa shape index (κ3) is 6.53. The first kappa shape index (κ1) is 17.5. The Morgan fingerprint density at radius 2 is 1.86 bits per heavy atom. The first-order valence-corrected chi connectivity index (χ1v) is 9.13. The molecule has 128 valence electrons. The van der Waals surface area contributed by atoms with Gasteiger partial charge in [-0.05, 0) is 64.8 Å². The Morgan fingerprint density at radius 3 is 2.50 bits per heavy atom. The molecule has 0 aromatic heterocycles. The average Bonchev–Trinajstić information content (AvgIpc) is 2.78. The van der Waals surface area contributed by atoms with Gasteiger partial charge < -0.3 is 20.4 Å². The number of aliphatic imine (C=N–C) groups is 1. The summed E-state index contributed by atoms with van der Waals surface area (Å²) < 4.78 is 0. The minimum atomic E-state index is 0.764. The van der Waals surface area contributed by atoms with E-state index in [1.807, 2.05) is 7.05 Å². The van der Waals surface area contributed by atoms with Crippen LogP contribution < -0.4 is 10.6 Å². The zero-order chi connectivity index (χ0) is 15.6. The molecule has 2 fully saturated rings. The van der Waals surface area contributed by atoms with Crippen molar-refractivity contribution < 1.29 is 0 Å². The summed E-state index contributed by atoms with van der Waals surface area (Å²) in [6, 6.07) is 0. The number of nitrogens with one attached hydrogen (secondary N) is 2. The molecule has 0 spiro atoms. The van der Waals surface area contributed by atoms with Gasteiger partial charge in [-0.1, -0.05) is 12.8 Å². The molecule has 0 aliphatic carbocycles. The fraction of sp³-hybridized carbons (Fsp3) is 0.941. The Balaban J connectivity index is 1.54. The van der Waals surface area contributed by atoms with Crippen LogP contribution in [0.4, 0.5) is 0 Å². The maximum Gasteiger partial charge on any atom is 0.190 e. The van der Waals surface area contributed by atoms with E-state index >= 15 is 0 Å². The molecule has 2 N–H and O–H groups in total. The van der Waals surface area contributed by atoms with Crippen molar-refractivity contribution in [3.63, 3.8) is 0 Å². The summed E-state index contributed by atoms with van der Waals surface area (Å²) >= 11 is 0. The number of nitrogens with zero attached hydrogens (tertiary/aromatic N) is 3. The smallest absolute Gasteiger partial charge is 0.190 e. The largest absolute Gasteiger partial charge is 0.356 e. The van der Waals surface area contributed by atoms with Crippen LogP contribution in [0.5, 0.6) is 0 Å². The molecule has 0 radical (unpaired) electrons. The van der Waals surface area contributed by atoms with E-state index in [1.165, 1.54) is 71.2 Å². The maximum atomic E-state index is 4.33. The maximum absolute atomic E-state index is 4.33. The molecule has 1 atom stereocenters. The summed E-state index contributed by atoms with van der Waals surface area (Å²) in [4.78, 5) is 9.37. The molecular formula is C17H35N5. The van der Waals surface area contributed by atoms with Crippen LogP contribution in [-0.4, -0.2) is 75.7 Å². The first-order chi connectivity index (χ1) is 10.8.